The Hall–Kier alpha value is -2.32. The van der Waals surface area contributed by atoms with Gasteiger partial charge in [0.2, 0.25) is 11.2 Å². The summed E-state index contributed by atoms with van der Waals surface area (Å²) in [4.78, 5) is 17.7. The van der Waals surface area contributed by atoms with Gasteiger partial charge in [0.05, 0.1) is 0 Å². The van der Waals surface area contributed by atoms with Crippen molar-refractivity contribution in [3.63, 3.8) is 0 Å². The average molecular weight is 262 g/mol. The normalized spacial score (nSPS) is 11.7. The van der Waals surface area contributed by atoms with Crippen LogP contribution in [-0.4, -0.2) is 33.8 Å². The van der Waals surface area contributed by atoms with Crippen molar-refractivity contribution >= 4 is 17.2 Å². The fourth-order valence-electron chi connectivity index (χ4n) is 1.18. The van der Waals surface area contributed by atoms with Crippen LogP contribution >= 0.6 is 0 Å². The van der Waals surface area contributed by atoms with Crippen molar-refractivity contribution in [3.8, 4) is 5.75 Å². The SMILES string of the molecule is O=C(O)c1nc2nccc(OCC(F)(F)F)c2o1. The van der Waals surface area contributed by atoms with Gasteiger partial charge in [-0.2, -0.15) is 18.2 Å². The maximum Gasteiger partial charge on any atom is 0.422 e. The molecule has 0 spiro atoms. The summed E-state index contributed by atoms with van der Waals surface area (Å²) in [6.45, 7) is -1.52. The third-order valence-corrected chi connectivity index (χ3v) is 1.83. The Morgan fingerprint density at radius 3 is 2.83 bits per heavy atom. The lowest BCUT2D eigenvalue weighted by Gasteiger charge is -2.08. The number of nitrogens with zero attached hydrogens (tertiary/aromatic N) is 2. The van der Waals surface area contributed by atoms with E-state index in [1.807, 2.05) is 0 Å². The average Bonchev–Trinajstić information content (AvgIpc) is 2.69. The molecule has 18 heavy (non-hydrogen) atoms. The van der Waals surface area contributed by atoms with Crippen molar-refractivity contribution in [1.29, 1.82) is 0 Å². The second kappa shape index (κ2) is 4.17. The van der Waals surface area contributed by atoms with E-state index in [0.717, 1.165) is 12.3 Å². The van der Waals surface area contributed by atoms with Crippen molar-refractivity contribution in [3.05, 3.63) is 18.2 Å². The number of fused-ring (bicyclic) bond motifs is 1. The summed E-state index contributed by atoms with van der Waals surface area (Å²) in [5.74, 6) is -2.38. The van der Waals surface area contributed by atoms with Crippen LogP contribution in [0, 0.1) is 0 Å². The minimum Gasteiger partial charge on any atom is -0.480 e. The topological polar surface area (TPSA) is 85.5 Å². The molecular weight excluding hydrogens is 257 g/mol. The largest absolute Gasteiger partial charge is 0.480 e. The zero-order chi connectivity index (χ0) is 13.3. The van der Waals surface area contributed by atoms with Gasteiger partial charge in [0.1, 0.15) is 0 Å². The molecule has 6 nitrogen and oxygen atoms in total. The predicted octanol–water partition coefficient (Wildman–Crippen LogP) is 1.86. The van der Waals surface area contributed by atoms with Crippen LogP contribution in [0.15, 0.2) is 16.7 Å². The Morgan fingerprint density at radius 1 is 1.50 bits per heavy atom. The number of carboxylic acids is 1. The van der Waals surface area contributed by atoms with Crippen LogP contribution in [0.2, 0.25) is 0 Å². The second-order valence-electron chi connectivity index (χ2n) is 3.19. The molecule has 0 aliphatic carbocycles. The van der Waals surface area contributed by atoms with E-state index < -0.39 is 24.6 Å². The van der Waals surface area contributed by atoms with Crippen LogP contribution in [0.25, 0.3) is 11.2 Å². The molecule has 0 bridgehead atoms. The van der Waals surface area contributed by atoms with Crippen LogP contribution in [0.4, 0.5) is 13.2 Å². The first-order chi connectivity index (χ1) is 8.37. The highest BCUT2D eigenvalue weighted by Crippen LogP contribution is 2.26. The quantitative estimate of drug-likeness (QED) is 0.908. The van der Waals surface area contributed by atoms with Crippen LogP contribution in [0.3, 0.4) is 0 Å². The van der Waals surface area contributed by atoms with Crippen molar-refractivity contribution in [1.82, 2.24) is 9.97 Å². The van der Waals surface area contributed by atoms with E-state index in [0.29, 0.717) is 0 Å². The first kappa shape index (κ1) is 12.1. The summed E-state index contributed by atoms with van der Waals surface area (Å²) in [6, 6.07) is 1.13. The van der Waals surface area contributed by atoms with Gasteiger partial charge in [0.15, 0.2) is 12.4 Å². The van der Waals surface area contributed by atoms with Gasteiger partial charge in [-0.25, -0.2) is 9.78 Å². The van der Waals surface area contributed by atoms with Crippen molar-refractivity contribution in [2.75, 3.05) is 6.61 Å². The summed E-state index contributed by atoms with van der Waals surface area (Å²) in [5, 5.41) is 8.63. The third kappa shape index (κ3) is 2.50. The van der Waals surface area contributed by atoms with Gasteiger partial charge >= 0.3 is 18.0 Å². The summed E-state index contributed by atoms with van der Waals surface area (Å²) in [6.07, 6.45) is -3.37. The van der Waals surface area contributed by atoms with Crippen molar-refractivity contribution in [2.24, 2.45) is 0 Å². The van der Waals surface area contributed by atoms with Gasteiger partial charge in [0, 0.05) is 12.3 Å². The van der Waals surface area contributed by atoms with E-state index in [4.69, 9.17) is 9.52 Å². The number of halogens is 3. The summed E-state index contributed by atoms with van der Waals surface area (Å²) >= 11 is 0. The van der Waals surface area contributed by atoms with Gasteiger partial charge in [-0.1, -0.05) is 0 Å². The van der Waals surface area contributed by atoms with Crippen molar-refractivity contribution in [2.45, 2.75) is 6.18 Å². The maximum absolute atomic E-state index is 12.0. The monoisotopic (exact) mass is 262 g/mol. The molecule has 96 valence electrons. The minimum atomic E-state index is -4.51. The van der Waals surface area contributed by atoms with Crippen LogP contribution < -0.4 is 4.74 Å². The molecule has 0 unspecified atom stereocenters. The number of ether oxygens (including phenoxy) is 1. The zero-order valence-corrected chi connectivity index (χ0v) is 8.56. The first-order valence-electron chi connectivity index (χ1n) is 4.55. The summed E-state index contributed by atoms with van der Waals surface area (Å²) < 4.78 is 45.2. The van der Waals surface area contributed by atoms with E-state index in [1.54, 1.807) is 0 Å². The van der Waals surface area contributed by atoms with Gasteiger partial charge in [0.25, 0.3) is 0 Å². The summed E-state index contributed by atoms with van der Waals surface area (Å²) in [7, 11) is 0. The molecule has 9 heteroatoms. The molecule has 0 fully saturated rings. The van der Waals surface area contributed by atoms with Gasteiger partial charge in [-0.3, -0.25) is 0 Å². The van der Waals surface area contributed by atoms with Crippen molar-refractivity contribution < 1.29 is 32.2 Å². The number of hydrogen-bond acceptors (Lipinski definition) is 5. The predicted molar refractivity (Wildman–Crippen MR) is 50.3 cm³/mol. The zero-order valence-electron chi connectivity index (χ0n) is 8.56. The minimum absolute atomic E-state index is 0.132. The van der Waals surface area contributed by atoms with Crippen LogP contribution in [0.5, 0.6) is 5.75 Å². The molecule has 0 saturated carbocycles. The Kier molecular flexibility index (Phi) is 2.81. The molecule has 2 rings (SSSR count). The molecule has 2 aromatic heterocycles. The molecule has 1 N–H and O–H groups in total. The number of alkyl halides is 3. The van der Waals surface area contributed by atoms with Crippen LogP contribution in [0.1, 0.15) is 10.7 Å². The Balaban J connectivity index is 2.36. The fraction of sp³-hybridized carbons (Fsp3) is 0.222. The molecule has 0 amide bonds. The number of oxazole rings is 1. The Labute approximate surface area is 97.0 Å². The number of aromatic carboxylic acids is 1. The van der Waals surface area contributed by atoms with E-state index in [1.165, 1.54) is 0 Å². The standard InChI is InChI=1S/C9H5F3N2O4/c10-9(11,12)3-17-4-1-2-13-6-5(4)18-7(14-6)8(15)16/h1-2H,3H2,(H,15,16). The van der Waals surface area contributed by atoms with E-state index in [-0.39, 0.29) is 17.0 Å². The number of pyridine rings is 1. The number of carbonyl (C=O) groups is 1. The third-order valence-electron chi connectivity index (χ3n) is 1.83. The first-order valence-corrected chi connectivity index (χ1v) is 4.55. The van der Waals surface area contributed by atoms with E-state index in [2.05, 4.69) is 14.7 Å². The highest BCUT2D eigenvalue weighted by molar-refractivity contribution is 5.87. The molecule has 0 radical (unpaired) electrons. The van der Waals surface area contributed by atoms with Crippen LogP contribution in [-0.2, 0) is 0 Å². The van der Waals surface area contributed by atoms with Gasteiger partial charge in [-0.15, -0.1) is 0 Å². The lowest BCUT2D eigenvalue weighted by molar-refractivity contribution is -0.153. The fourth-order valence-corrected chi connectivity index (χ4v) is 1.18. The molecule has 0 aromatic carbocycles. The van der Waals surface area contributed by atoms with Gasteiger partial charge < -0.3 is 14.3 Å². The lowest BCUT2D eigenvalue weighted by Crippen LogP contribution is -2.19. The molecule has 0 aliphatic heterocycles. The number of carboxylic acid groups (broad SMARTS) is 1. The smallest absolute Gasteiger partial charge is 0.422 e. The number of aromatic nitrogens is 2. The molecule has 2 aromatic rings. The summed E-state index contributed by atoms with van der Waals surface area (Å²) in [5.41, 5.74) is -0.369. The molecular formula is C9H5F3N2O4. The Bertz CT molecular complexity index is 593. The lowest BCUT2D eigenvalue weighted by atomic mass is 10.4. The highest BCUT2D eigenvalue weighted by atomic mass is 19.4. The molecule has 0 aliphatic rings. The second-order valence-corrected chi connectivity index (χ2v) is 3.19. The maximum atomic E-state index is 12.0. The Morgan fingerprint density at radius 2 is 2.22 bits per heavy atom. The van der Waals surface area contributed by atoms with Gasteiger partial charge in [-0.05, 0) is 0 Å². The van der Waals surface area contributed by atoms with E-state index in [9.17, 15) is 18.0 Å². The van der Waals surface area contributed by atoms with E-state index >= 15 is 0 Å². The number of rotatable bonds is 3. The molecule has 2 heterocycles. The highest BCUT2D eigenvalue weighted by Gasteiger charge is 2.29. The molecule has 0 atom stereocenters. The molecule has 0 saturated heterocycles. The number of hydrogen-bond donors (Lipinski definition) is 1.